The lowest BCUT2D eigenvalue weighted by atomic mass is 10.0. The van der Waals surface area contributed by atoms with Gasteiger partial charge in [0, 0.05) is 20.4 Å². The summed E-state index contributed by atoms with van der Waals surface area (Å²) in [6, 6.07) is 0. The summed E-state index contributed by atoms with van der Waals surface area (Å²) in [6.45, 7) is 3.63. The van der Waals surface area contributed by atoms with E-state index in [0.29, 0.717) is 12.8 Å². The molecule has 1 amide bonds. The maximum absolute atomic E-state index is 11.2. The van der Waals surface area contributed by atoms with Gasteiger partial charge >= 0.3 is 5.97 Å². The quantitative estimate of drug-likeness (QED) is 0.470. The Morgan fingerprint density at radius 2 is 1.65 bits per heavy atom. The van der Waals surface area contributed by atoms with Gasteiger partial charge in [0.25, 0.3) is 0 Å². The molecule has 0 aromatic heterocycles. The molecule has 4 nitrogen and oxygen atoms in total. The second kappa shape index (κ2) is 14.7. The molecule has 20 heavy (non-hydrogen) atoms. The highest BCUT2D eigenvalue weighted by atomic mass is 32.1. The number of hydrogen-bond acceptors (Lipinski definition) is 3. The van der Waals surface area contributed by atoms with Crippen molar-refractivity contribution in [1.29, 1.82) is 0 Å². The predicted octanol–water partition coefficient (Wildman–Crippen LogP) is 3.31. The van der Waals surface area contributed by atoms with Crippen LogP contribution in [0.2, 0.25) is 0 Å². The van der Waals surface area contributed by atoms with Crippen molar-refractivity contribution >= 4 is 25.4 Å². The van der Waals surface area contributed by atoms with E-state index >= 15 is 0 Å². The van der Waals surface area contributed by atoms with Crippen LogP contribution in [0.3, 0.4) is 0 Å². The molecule has 0 aliphatic carbocycles. The van der Waals surface area contributed by atoms with Gasteiger partial charge in [-0.25, -0.2) is 0 Å². The number of esters is 1. The lowest BCUT2D eigenvalue weighted by Crippen LogP contribution is -2.22. The second-order valence-electron chi connectivity index (χ2n) is 5.00. The molecule has 0 aromatic rings. The SMILES string of the molecule is CCCCCCCC[C@@H](CCC(=O)NC)OC(C)=O.S. The van der Waals surface area contributed by atoms with Gasteiger partial charge in [0.05, 0.1) is 0 Å². The minimum absolute atomic E-state index is 0. The molecule has 120 valence electrons. The van der Waals surface area contributed by atoms with Gasteiger partial charge in [0.2, 0.25) is 5.91 Å². The average Bonchev–Trinajstić information content (AvgIpc) is 2.38. The van der Waals surface area contributed by atoms with E-state index in [1.807, 2.05) is 0 Å². The summed E-state index contributed by atoms with van der Waals surface area (Å²) in [5.41, 5.74) is 0. The first-order chi connectivity index (χ1) is 9.10. The molecule has 0 aliphatic heterocycles. The number of carbonyl (C=O) groups excluding carboxylic acids is 2. The Hall–Kier alpha value is -0.710. The minimum Gasteiger partial charge on any atom is -0.463 e. The van der Waals surface area contributed by atoms with Crippen molar-refractivity contribution in [1.82, 2.24) is 5.32 Å². The number of rotatable bonds is 11. The smallest absolute Gasteiger partial charge is 0.302 e. The molecule has 0 bridgehead atoms. The molecule has 0 spiro atoms. The van der Waals surface area contributed by atoms with Crippen molar-refractivity contribution in [2.75, 3.05) is 7.05 Å². The summed E-state index contributed by atoms with van der Waals surface area (Å²) < 4.78 is 5.25. The Bertz CT molecular complexity index is 260. The van der Waals surface area contributed by atoms with Gasteiger partial charge in [-0.3, -0.25) is 9.59 Å². The van der Waals surface area contributed by atoms with Crippen LogP contribution < -0.4 is 5.32 Å². The normalized spacial score (nSPS) is 11.3. The molecule has 0 heterocycles. The van der Waals surface area contributed by atoms with Gasteiger partial charge in [0.15, 0.2) is 0 Å². The zero-order valence-electron chi connectivity index (χ0n) is 13.2. The fraction of sp³-hybridized carbons (Fsp3) is 0.867. The Morgan fingerprint density at radius 1 is 1.05 bits per heavy atom. The van der Waals surface area contributed by atoms with Gasteiger partial charge in [-0.1, -0.05) is 39.0 Å². The molecule has 0 rings (SSSR count). The minimum atomic E-state index is -0.257. The molecule has 0 radical (unpaired) electrons. The Labute approximate surface area is 130 Å². The van der Waals surface area contributed by atoms with Gasteiger partial charge in [-0.05, 0) is 19.3 Å². The number of unbranched alkanes of at least 4 members (excludes halogenated alkanes) is 5. The third-order valence-corrected chi connectivity index (χ3v) is 3.18. The second-order valence-corrected chi connectivity index (χ2v) is 5.00. The van der Waals surface area contributed by atoms with E-state index in [4.69, 9.17) is 4.74 Å². The van der Waals surface area contributed by atoms with Crippen molar-refractivity contribution < 1.29 is 14.3 Å². The fourth-order valence-corrected chi connectivity index (χ4v) is 2.07. The summed E-state index contributed by atoms with van der Waals surface area (Å²) in [5, 5.41) is 2.58. The summed E-state index contributed by atoms with van der Waals surface area (Å²) >= 11 is 0. The number of hydrogen-bond donors (Lipinski definition) is 1. The first kappa shape index (κ1) is 21.6. The van der Waals surface area contributed by atoms with Crippen LogP contribution in [0.25, 0.3) is 0 Å². The van der Waals surface area contributed by atoms with Crippen LogP contribution in [0.4, 0.5) is 0 Å². The molecule has 0 saturated carbocycles. The van der Waals surface area contributed by atoms with E-state index in [-0.39, 0.29) is 31.5 Å². The Kier molecular flexibility index (Phi) is 15.9. The van der Waals surface area contributed by atoms with Gasteiger partial charge < -0.3 is 10.1 Å². The Morgan fingerprint density at radius 3 is 2.20 bits per heavy atom. The molecular weight excluding hydrogens is 274 g/mol. The third-order valence-electron chi connectivity index (χ3n) is 3.18. The first-order valence-electron chi connectivity index (χ1n) is 7.48. The highest BCUT2D eigenvalue weighted by Crippen LogP contribution is 2.14. The predicted molar refractivity (Wildman–Crippen MR) is 87.2 cm³/mol. The molecule has 1 atom stereocenters. The topological polar surface area (TPSA) is 55.4 Å². The maximum atomic E-state index is 11.2. The van der Waals surface area contributed by atoms with Crippen molar-refractivity contribution in [3.63, 3.8) is 0 Å². The monoisotopic (exact) mass is 305 g/mol. The summed E-state index contributed by atoms with van der Waals surface area (Å²) in [6.07, 6.45) is 9.12. The standard InChI is InChI=1S/C15H29NO3.H2S/c1-4-5-6-7-8-9-10-14(19-13(2)17)11-12-15(18)16-3;/h14H,4-12H2,1-3H3,(H,16,18);1H2/t14-;/m0./s1. The molecule has 0 fully saturated rings. The largest absolute Gasteiger partial charge is 0.463 e. The van der Waals surface area contributed by atoms with Gasteiger partial charge in [0.1, 0.15) is 6.10 Å². The number of carbonyl (C=O) groups is 2. The van der Waals surface area contributed by atoms with Gasteiger partial charge in [-0.2, -0.15) is 13.5 Å². The lowest BCUT2D eigenvalue weighted by molar-refractivity contribution is -0.147. The zero-order valence-corrected chi connectivity index (χ0v) is 14.2. The van der Waals surface area contributed by atoms with Crippen LogP contribution in [-0.2, 0) is 14.3 Å². The molecule has 0 unspecified atom stereocenters. The van der Waals surface area contributed by atoms with Crippen LogP contribution >= 0.6 is 13.5 Å². The molecule has 0 saturated heterocycles. The number of nitrogens with one attached hydrogen (secondary N) is 1. The van der Waals surface area contributed by atoms with E-state index < -0.39 is 0 Å². The molecule has 0 aromatic carbocycles. The van der Waals surface area contributed by atoms with Crippen LogP contribution in [0.1, 0.15) is 71.6 Å². The number of amides is 1. The van der Waals surface area contributed by atoms with Crippen molar-refractivity contribution in [3.8, 4) is 0 Å². The van der Waals surface area contributed by atoms with E-state index in [9.17, 15) is 9.59 Å². The van der Waals surface area contributed by atoms with Crippen molar-refractivity contribution in [3.05, 3.63) is 0 Å². The lowest BCUT2D eigenvalue weighted by Gasteiger charge is -2.16. The zero-order chi connectivity index (χ0) is 14.5. The Balaban J connectivity index is 0. The summed E-state index contributed by atoms with van der Waals surface area (Å²) in [5.74, 6) is -0.256. The molecule has 1 N–H and O–H groups in total. The van der Waals surface area contributed by atoms with E-state index in [2.05, 4.69) is 12.2 Å². The van der Waals surface area contributed by atoms with E-state index in [0.717, 1.165) is 12.8 Å². The molecular formula is C15H31NO3S. The third kappa shape index (κ3) is 13.7. The van der Waals surface area contributed by atoms with Crippen molar-refractivity contribution in [2.45, 2.75) is 77.7 Å². The van der Waals surface area contributed by atoms with Crippen LogP contribution in [0.5, 0.6) is 0 Å². The summed E-state index contributed by atoms with van der Waals surface area (Å²) in [7, 11) is 1.62. The van der Waals surface area contributed by atoms with Crippen molar-refractivity contribution in [2.24, 2.45) is 0 Å². The highest BCUT2D eigenvalue weighted by molar-refractivity contribution is 7.59. The van der Waals surface area contributed by atoms with Crippen LogP contribution in [0.15, 0.2) is 0 Å². The van der Waals surface area contributed by atoms with E-state index in [1.54, 1.807) is 7.05 Å². The maximum Gasteiger partial charge on any atom is 0.302 e. The first-order valence-corrected chi connectivity index (χ1v) is 7.48. The fourth-order valence-electron chi connectivity index (χ4n) is 2.07. The molecule has 5 heteroatoms. The highest BCUT2D eigenvalue weighted by Gasteiger charge is 2.13. The van der Waals surface area contributed by atoms with E-state index in [1.165, 1.54) is 39.0 Å². The molecule has 0 aliphatic rings. The van der Waals surface area contributed by atoms with Crippen LogP contribution in [0, 0.1) is 0 Å². The summed E-state index contributed by atoms with van der Waals surface area (Å²) in [4.78, 5) is 22.2. The average molecular weight is 305 g/mol. The van der Waals surface area contributed by atoms with Crippen LogP contribution in [-0.4, -0.2) is 25.0 Å². The van der Waals surface area contributed by atoms with Gasteiger partial charge in [-0.15, -0.1) is 0 Å². The number of ether oxygens (including phenoxy) is 1.